The highest BCUT2D eigenvalue weighted by Crippen LogP contribution is 2.42. The molecule has 2 heterocycles. The molecule has 3 rings (SSSR count). The lowest BCUT2D eigenvalue weighted by Gasteiger charge is -2.08. The lowest BCUT2D eigenvalue weighted by atomic mass is 10.1. The zero-order chi connectivity index (χ0) is 17.4. The van der Waals surface area contributed by atoms with Gasteiger partial charge >= 0.3 is 5.97 Å². The van der Waals surface area contributed by atoms with Crippen molar-refractivity contribution in [2.75, 3.05) is 5.32 Å². The summed E-state index contributed by atoms with van der Waals surface area (Å²) in [6.45, 7) is 7.05. The van der Waals surface area contributed by atoms with Crippen LogP contribution in [-0.4, -0.2) is 33.2 Å². The Morgan fingerprint density at radius 3 is 2.62 bits per heavy atom. The number of nitrogens with zero attached hydrogens (tertiary/aromatic N) is 2. The molecule has 0 spiro atoms. The van der Waals surface area contributed by atoms with E-state index < -0.39 is 5.97 Å². The number of hydrogen-bond donors (Lipinski definition) is 2. The Morgan fingerprint density at radius 2 is 2.00 bits per heavy atom. The van der Waals surface area contributed by atoms with Crippen molar-refractivity contribution in [2.24, 2.45) is 0 Å². The quantitative estimate of drug-likeness (QED) is 0.809. The average Bonchev–Trinajstić information content (AvgIpc) is 3.16. The molecule has 7 nitrogen and oxygen atoms in total. The Bertz CT molecular complexity index is 789. The van der Waals surface area contributed by atoms with Gasteiger partial charge in [0.25, 0.3) is 5.91 Å². The molecule has 0 atom stereocenters. The number of nitrogens with one attached hydrogen (secondary N) is 2. The molecule has 0 bridgehead atoms. The van der Waals surface area contributed by atoms with Gasteiger partial charge in [-0.25, -0.2) is 4.79 Å². The minimum atomic E-state index is -0.428. The van der Waals surface area contributed by atoms with Crippen molar-refractivity contribution < 1.29 is 14.3 Å². The van der Waals surface area contributed by atoms with E-state index in [1.165, 1.54) is 11.3 Å². The number of carbonyl (C=O) groups is 2. The van der Waals surface area contributed by atoms with Crippen LogP contribution in [0.1, 0.15) is 69.7 Å². The second-order valence-corrected chi connectivity index (χ2v) is 7.26. The first-order chi connectivity index (χ1) is 11.4. The van der Waals surface area contributed by atoms with Gasteiger partial charge in [-0.2, -0.15) is 0 Å². The first kappa shape index (κ1) is 16.6. The minimum absolute atomic E-state index is 0.217. The summed E-state index contributed by atoms with van der Waals surface area (Å²) in [7, 11) is 0. The van der Waals surface area contributed by atoms with Crippen LogP contribution in [0.25, 0.3) is 0 Å². The number of anilines is 1. The second-order valence-electron chi connectivity index (χ2n) is 6.25. The van der Waals surface area contributed by atoms with Gasteiger partial charge in [-0.1, -0.05) is 11.3 Å². The lowest BCUT2D eigenvalue weighted by Crippen LogP contribution is -2.15. The SMILES string of the molecule is Cc1[nH]c(C(=O)Nc2nnc(C3CC3)s2)c(C)c1C(=O)OC(C)C. The largest absolute Gasteiger partial charge is 0.459 e. The summed E-state index contributed by atoms with van der Waals surface area (Å²) in [5.74, 6) is -0.264. The molecule has 0 aromatic carbocycles. The maximum atomic E-state index is 12.5. The van der Waals surface area contributed by atoms with Crippen LogP contribution in [0.3, 0.4) is 0 Å². The van der Waals surface area contributed by atoms with Crippen LogP contribution >= 0.6 is 11.3 Å². The van der Waals surface area contributed by atoms with E-state index in [1.54, 1.807) is 27.7 Å². The summed E-state index contributed by atoms with van der Waals surface area (Å²) in [5, 5.41) is 12.3. The van der Waals surface area contributed by atoms with E-state index in [-0.39, 0.29) is 12.0 Å². The molecule has 0 radical (unpaired) electrons. The number of aromatic nitrogens is 3. The van der Waals surface area contributed by atoms with Crippen molar-refractivity contribution in [3.8, 4) is 0 Å². The standard InChI is InChI=1S/C16H20N4O3S/c1-7(2)23-15(22)11-8(3)12(17-9(11)4)13(21)18-16-20-19-14(24-16)10-5-6-10/h7,10,17H,5-6H2,1-4H3,(H,18,20,21). The van der Waals surface area contributed by atoms with Crippen LogP contribution in [0.4, 0.5) is 5.13 Å². The zero-order valence-corrected chi connectivity index (χ0v) is 14.9. The molecule has 1 saturated carbocycles. The van der Waals surface area contributed by atoms with E-state index in [2.05, 4.69) is 20.5 Å². The molecule has 1 aliphatic carbocycles. The van der Waals surface area contributed by atoms with Crippen LogP contribution in [0.2, 0.25) is 0 Å². The number of hydrogen-bond acceptors (Lipinski definition) is 6. The molecule has 2 aromatic heterocycles. The monoisotopic (exact) mass is 348 g/mol. The predicted molar refractivity (Wildman–Crippen MR) is 90.7 cm³/mol. The second kappa shape index (κ2) is 6.35. The van der Waals surface area contributed by atoms with Crippen molar-refractivity contribution in [3.05, 3.63) is 27.5 Å². The molecule has 24 heavy (non-hydrogen) atoms. The van der Waals surface area contributed by atoms with Gasteiger partial charge in [0.05, 0.1) is 11.7 Å². The smallest absolute Gasteiger partial charge is 0.340 e. The third-order valence-corrected chi connectivity index (χ3v) is 4.80. The number of aryl methyl sites for hydroxylation is 1. The van der Waals surface area contributed by atoms with E-state index in [4.69, 9.17) is 4.74 Å². The highest BCUT2D eigenvalue weighted by Gasteiger charge is 2.28. The van der Waals surface area contributed by atoms with Gasteiger partial charge in [0.15, 0.2) is 0 Å². The van der Waals surface area contributed by atoms with Crippen LogP contribution in [0.15, 0.2) is 0 Å². The molecule has 1 amide bonds. The fraction of sp³-hybridized carbons (Fsp3) is 0.500. The molecule has 2 aromatic rings. The number of rotatable bonds is 5. The maximum absolute atomic E-state index is 12.5. The summed E-state index contributed by atoms with van der Waals surface area (Å²) in [4.78, 5) is 27.6. The lowest BCUT2D eigenvalue weighted by molar-refractivity contribution is 0.0376. The molecule has 8 heteroatoms. The van der Waals surface area contributed by atoms with Gasteiger partial charge in [-0.05, 0) is 46.1 Å². The van der Waals surface area contributed by atoms with Crippen molar-refractivity contribution in [2.45, 2.75) is 52.6 Å². The first-order valence-electron chi connectivity index (χ1n) is 7.91. The normalized spacial score (nSPS) is 14.0. The van der Waals surface area contributed by atoms with E-state index in [1.807, 2.05) is 0 Å². The molecule has 1 aliphatic rings. The Balaban J connectivity index is 1.78. The zero-order valence-electron chi connectivity index (χ0n) is 14.1. The topological polar surface area (TPSA) is 97.0 Å². The number of aromatic amines is 1. The molecule has 0 saturated heterocycles. The van der Waals surface area contributed by atoms with Crippen LogP contribution in [0.5, 0.6) is 0 Å². The van der Waals surface area contributed by atoms with Gasteiger partial charge in [0.2, 0.25) is 5.13 Å². The minimum Gasteiger partial charge on any atom is -0.459 e. The summed E-state index contributed by atoms with van der Waals surface area (Å²) in [6.07, 6.45) is 2.06. The van der Waals surface area contributed by atoms with Gasteiger partial charge in [-0.15, -0.1) is 10.2 Å². The fourth-order valence-electron chi connectivity index (χ4n) is 2.50. The Kier molecular flexibility index (Phi) is 4.40. The summed E-state index contributed by atoms with van der Waals surface area (Å²) in [6, 6.07) is 0. The molecular weight excluding hydrogens is 328 g/mol. The van der Waals surface area contributed by atoms with E-state index in [0.29, 0.717) is 33.6 Å². The van der Waals surface area contributed by atoms with Gasteiger partial charge in [0, 0.05) is 11.6 Å². The van der Waals surface area contributed by atoms with Crippen LogP contribution in [-0.2, 0) is 4.74 Å². The van der Waals surface area contributed by atoms with Crippen LogP contribution in [0, 0.1) is 13.8 Å². The maximum Gasteiger partial charge on any atom is 0.340 e. The average molecular weight is 348 g/mol. The van der Waals surface area contributed by atoms with Crippen molar-refractivity contribution in [1.82, 2.24) is 15.2 Å². The number of esters is 1. The molecule has 1 fully saturated rings. The van der Waals surface area contributed by atoms with Crippen molar-refractivity contribution in [3.63, 3.8) is 0 Å². The molecular formula is C16H20N4O3S. The molecule has 0 aliphatic heterocycles. The van der Waals surface area contributed by atoms with Crippen molar-refractivity contribution in [1.29, 1.82) is 0 Å². The molecule has 128 valence electrons. The van der Waals surface area contributed by atoms with Gasteiger partial charge < -0.3 is 9.72 Å². The van der Waals surface area contributed by atoms with Gasteiger partial charge in [0.1, 0.15) is 10.7 Å². The van der Waals surface area contributed by atoms with E-state index in [0.717, 1.165) is 17.8 Å². The summed E-state index contributed by atoms with van der Waals surface area (Å²) in [5.41, 5.74) is 1.93. The van der Waals surface area contributed by atoms with Crippen LogP contribution < -0.4 is 5.32 Å². The fourth-order valence-corrected chi connectivity index (χ4v) is 3.40. The molecule has 0 unspecified atom stereocenters. The Morgan fingerprint density at radius 1 is 1.29 bits per heavy atom. The number of ether oxygens (including phenoxy) is 1. The summed E-state index contributed by atoms with van der Waals surface area (Å²) < 4.78 is 5.23. The Hall–Kier alpha value is -2.22. The Labute approximate surface area is 143 Å². The van der Waals surface area contributed by atoms with Crippen molar-refractivity contribution >= 4 is 28.3 Å². The third kappa shape index (κ3) is 3.33. The number of H-pyrrole nitrogens is 1. The number of amides is 1. The van der Waals surface area contributed by atoms with E-state index in [9.17, 15) is 9.59 Å². The highest BCUT2D eigenvalue weighted by atomic mass is 32.1. The summed E-state index contributed by atoms with van der Waals surface area (Å²) >= 11 is 1.40. The molecule has 2 N–H and O–H groups in total. The number of carbonyl (C=O) groups excluding carboxylic acids is 2. The first-order valence-corrected chi connectivity index (χ1v) is 8.73. The highest BCUT2D eigenvalue weighted by molar-refractivity contribution is 7.15. The van der Waals surface area contributed by atoms with E-state index >= 15 is 0 Å². The third-order valence-electron chi connectivity index (χ3n) is 3.80. The predicted octanol–water partition coefficient (Wildman–Crippen LogP) is 3.18. The van der Waals surface area contributed by atoms with Gasteiger partial charge in [-0.3, -0.25) is 10.1 Å².